The van der Waals surface area contributed by atoms with Gasteiger partial charge in [-0.15, -0.1) is 0 Å². The summed E-state index contributed by atoms with van der Waals surface area (Å²) in [6.45, 7) is 0. The largest absolute Gasteiger partial charge is 0.494 e. The molecule has 1 atom stereocenters. The minimum atomic E-state index is -0.331. The summed E-state index contributed by atoms with van der Waals surface area (Å²) in [5, 5.41) is 3.42. The van der Waals surface area contributed by atoms with E-state index in [-0.39, 0.29) is 11.6 Å². The maximum atomic E-state index is 13.7. The molecule has 0 bridgehead atoms. The van der Waals surface area contributed by atoms with Crippen molar-refractivity contribution in [3.63, 3.8) is 0 Å². The quantitative estimate of drug-likeness (QED) is 0.876. The third-order valence-electron chi connectivity index (χ3n) is 3.92. The second kappa shape index (κ2) is 6.06. The van der Waals surface area contributed by atoms with Gasteiger partial charge in [0.05, 0.1) is 7.11 Å². The molecule has 0 spiro atoms. The molecule has 0 aromatic heterocycles. The zero-order valence-electron chi connectivity index (χ0n) is 11.8. The van der Waals surface area contributed by atoms with Gasteiger partial charge in [-0.25, -0.2) is 4.39 Å². The number of benzene rings is 2. The molecule has 0 saturated carbocycles. The van der Waals surface area contributed by atoms with Crippen LogP contribution in [-0.2, 0) is 12.8 Å². The van der Waals surface area contributed by atoms with Crippen molar-refractivity contribution in [2.24, 2.45) is 0 Å². The maximum absolute atomic E-state index is 13.7. The number of anilines is 1. The first-order chi connectivity index (χ1) is 10.2. The minimum absolute atomic E-state index is 0.277. The third-order valence-corrected chi connectivity index (χ3v) is 4.41. The first kappa shape index (κ1) is 14.4. The van der Waals surface area contributed by atoms with Crippen molar-refractivity contribution < 1.29 is 9.13 Å². The molecule has 1 unspecified atom stereocenters. The molecule has 2 aromatic carbocycles. The average molecular weight is 350 g/mol. The van der Waals surface area contributed by atoms with Crippen molar-refractivity contribution in [2.75, 3.05) is 12.4 Å². The molecule has 0 heterocycles. The van der Waals surface area contributed by atoms with Crippen LogP contribution in [0, 0.1) is 5.82 Å². The van der Waals surface area contributed by atoms with Crippen LogP contribution in [0.15, 0.2) is 40.9 Å². The van der Waals surface area contributed by atoms with E-state index >= 15 is 0 Å². The molecule has 2 aromatic rings. The first-order valence-electron chi connectivity index (χ1n) is 7.03. The highest BCUT2D eigenvalue weighted by Gasteiger charge is 2.19. The molecule has 1 N–H and O–H groups in total. The van der Waals surface area contributed by atoms with Crippen molar-refractivity contribution >= 4 is 21.6 Å². The number of hydrogen-bond acceptors (Lipinski definition) is 2. The summed E-state index contributed by atoms with van der Waals surface area (Å²) in [7, 11) is 1.47. The Bertz CT molecular complexity index is 659. The standard InChI is InChI=1S/C17H17BrFNO/c1-21-17-7-6-15(10-16(17)19)20-14-5-3-11-8-13(18)4-2-12(11)9-14/h2,4,6-8,10,14,20H,3,5,9H2,1H3. The zero-order valence-corrected chi connectivity index (χ0v) is 13.4. The van der Waals surface area contributed by atoms with Gasteiger partial charge in [-0.1, -0.05) is 22.0 Å². The second-order valence-electron chi connectivity index (χ2n) is 5.35. The molecule has 0 saturated heterocycles. The molecule has 1 aliphatic carbocycles. The van der Waals surface area contributed by atoms with Gasteiger partial charge in [0, 0.05) is 22.3 Å². The Labute approximate surface area is 132 Å². The van der Waals surface area contributed by atoms with Gasteiger partial charge in [0.15, 0.2) is 11.6 Å². The SMILES string of the molecule is COc1ccc(NC2CCc3cc(Br)ccc3C2)cc1F. The van der Waals surface area contributed by atoms with Crippen LogP contribution in [0.2, 0.25) is 0 Å². The highest BCUT2D eigenvalue weighted by Crippen LogP contribution is 2.27. The number of nitrogens with one attached hydrogen (secondary N) is 1. The summed E-state index contributed by atoms with van der Waals surface area (Å²) in [5.74, 6) is -0.0537. The molecule has 110 valence electrons. The Balaban J connectivity index is 1.72. The molecule has 0 fully saturated rings. The van der Waals surface area contributed by atoms with Gasteiger partial charge in [-0.3, -0.25) is 0 Å². The number of aryl methyl sites for hydroxylation is 1. The van der Waals surface area contributed by atoms with Crippen molar-refractivity contribution in [1.82, 2.24) is 0 Å². The maximum Gasteiger partial charge on any atom is 0.167 e. The molecular formula is C17H17BrFNO. The van der Waals surface area contributed by atoms with Gasteiger partial charge in [-0.2, -0.15) is 0 Å². The predicted molar refractivity (Wildman–Crippen MR) is 86.5 cm³/mol. The second-order valence-corrected chi connectivity index (χ2v) is 6.26. The Morgan fingerprint density at radius 1 is 1.19 bits per heavy atom. The van der Waals surface area contributed by atoms with E-state index in [4.69, 9.17) is 4.74 Å². The first-order valence-corrected chi connectivity index (χ1v) is 7.82. The van der Waals surface area contributed by atoms with Crippen LogP contribution >= 0.6 is 15.9 Å². The van der Waals surface area contributed by atoms with Crippen LogP contribution < -0.4 is 10.1 Å². The van der Waals surface area contributed by atoms with Crippen molar-refractivity contribution in [1.29, 1.82) is 0 Å². The Morgan fingerprint density at radius 3 is 2.81 bits per heavy atom. The Kier molecular flexibility index (Phi) is 4.15. The van der Waals surface area contributed by atoms with Crippen molar-refractivity contribution in [2.45, 2.75) is 25.3 Å². The van der Waals surface area contributed by atoms with Crippen LogP contribution in [0.3, 0.4) is 0 Å². The number of hydrogen-bond donors (Lipinski definition) is 1. The van der Waals surface area contributed by atoms with Crippen LogP contribution in [0.5, 0.6) is 5.75 Å². The van der Waals surface area contributed by atoms with Crippen LogP contribution in [-0.4, -0.2) is 13.2 Å². The van der Waals surface area contributed by atoms with Crippen LogP contribution in [0.25, 0.3) is 0 Å². The average Bonchev–Trinajstić information content (AvgIpc) is 2.48. The smallest absolute Gasteiger partial charge is 0.167 e. The lowest BCUT2D eigenvalue weighted by Gasteiger charge is -2.26. The third kappa shape index (κ3) is 3.21. The molecule has 0 aliphatic heterocycles. The predicted octanol–water partition coefficient (Wildman–Crippen LogP) is 4.57. The lowest BCUT2D eigenvalue weighted by atomic mass is 9.88. The minimum Gasteiger partial charge on any atom is -0.494 e. The fraction of sp³-hybridized carbons (Fsp3) is 0.294. The summed E-state index contributed by atoms with van der Waals surface area (Å²) < 4.78 is 19.8. The van der Waals surface area contributed by atoms with Gasteiger partial charge >= 0.3 is 0 Å². The highest BCUT2D eigenvalue weighted by molar-refractivity contribution is 9.10. The molecule has 0 amide bonds. The number of methoxy groups -OCH3 is 1. The van der Waals surface area contributed by atoms with Crippen molar-refractivity contribution in [3.8, 4) is 5.75 Å². The molecule has 21 heavy (non-hydrogen) atoms. The normalized spacial score (nSPS) is 17.2. The van der Waals surface area contributed by atoms with E-state index in [1.807, 2.05) is 6.07 Å². The molecule has 2 nitrogen and oxygen atoms in total. The van der Waals surface area contributed by atoms with Crippen LogP contribution in [0.1, 0.15) is 17.5 Å². The van der Waals surface area contributed by atoms with Gasteiger partial charge < -0.3 is 10.1 Å². The van der Waals surface area contributed by atoms with Gasteiger partial charge in [0.1, 0.15) is 0 Å². The Morgan fingerprint density at radius 2 is 2.05 bits per heavy atom. The fourth-order valence-electron chi connectivity index (χ4n) is 2.84. The van der Waals surface area contributed by atoms with E-state index in [1.165, 1.54) is 24.3 Å². The van der Waals surface area contributed by atoms with Gasteiger partial charge in [-0.05, 0) is 54.7 Å². The van der Waals surface area contributed by atoms with Gasteiger partial charge in [0.2, 0.25) is 0 Å². The summed E-state index contributed by atoms with van der Waals surface area (Å²) in [5.41, 5.74) is 3.58. The monoisotopic (exact) mass is 349 g/mol. The van der Waals surface area contributed by atoms with E-state index in [1.54, 1.807) is 6.07 Å². The van der Waals surface area contributed by atoms with E-state index in [2.05, 4.69) is 39.4 Å². The summed E-state index contributed by atoms with van der Waals surface area (Å²) in [4.78, 5) is 0. The fourth-order valence-corrected chi connectivity index (χ4v) is 3.25. The number of halogens is 2. The molecular weight excluding hydrogens is 333 g/mol. The lowest BCUT2D eigenvalue weighted by molar-refractivity contribution is 0.386. The number of fused-ring (bicyclic) bond motifs is 1. The molecule has 0 radical (unpaired) electrons. The van der Waals surface area contributed by atoms with Crippen molar-refractivity contribution in [3.05, 3.63) is 57.8 Å². The molecule has 1 aliphatic rings. The summed E-state index contributed by atoms with van der Waals surface area (Å²) >= 11 is 3.51. The van der Waals surface area contributed by atoms with E-state index in [9.17, 15) is 4.39 Å². The van der Waals surface area contributed by atoms with E-state index < -0.39 is 0 Å². The van der Waals surface area contributed by atoms with E-state index in [0.29, 0.717) is 6.04 Å². The summed E-state index contributed by atoms with van der Waals surface area (Å²) in [6.07, 6.45) is 3.07. The lowest BCUT2D eigenvalue weighted by Crippen LogP contribution is -2.27. The van der Waals surface area contributed by atoms with E-state index in [0.717, 1.165) is 29.4 Å². The number of ether oxygens (including phenoxy) is 1. The zero-order chi connectivity index (χ0) is 14.8. The molecule has 3 rings (SSSR count). The topological polar surface area (TPSA) is 21.3 Å². The highest BCUT2D eigenvalue weighted by atomic mass is 79.9. The number of rotatable bonds is 3. The summed E-state index contributed by atoms with van der Waals surface area (Å²) in [6, 6.07) is 11.8. The van der Waals surface area contributed by atoms with Gasteiger partial charge in [0.25, 0.3) is 0 Å². The van der Waals surface area contributed by atoms with Crippen LogP contribution in [0.4, 0.5) is 10.1 Å². The molecule has 4 heteroatoms. The Hall–Kier alpha value is -1.55.